The minimum atomic E-state index is -3.80. The number of benzene rings is 1. The lowest BCUT2D eigenvalue weighted by molar-refractivity contribution is -0.141. The first-order valence-corrected chi connectivity index (χ1v) is 16.8. The molecule has 3 aromatic rings. The van der Waals surface area contributed by atoms with E-state index in [1.807, 2.05) is 23.7 Å². The molecule has 3 aliphatic heterocycles. The number of hydrogen-bond donors (Lipinski definition) is 2. The molecule has 0 saturated carbocycles. The molecule has 2 aromatic heterocycles. The summed E-state index contributed by atoms with van der Waals surface area (Å²) in [4.78, 5) is 25.6. The van der Waals surface area contributed by atoms with E-state index in [4.69, 9.17) is 27.4 Å². The van der Waals surface area contributed by atoms with Gasteiger partial charge in [0.2, 0.25) is 15.9 Å². The highest BCUT2D eigenvalue weighted by Crippen LogP contribution is 2.37. The lowest BCUT2D eigenvalue weighted by Crippen LogP contribution is -2.57. The molecule has 3 unspecified atom stereocenters. The molecule has 226 valence electrons. The highest BCUT2D eigenvalue weighted by molar-refractivity contribution is 7.89. The summed E-state index contributed by atoms with van der Waals surface area (Å²) in [7, 11) is -1.81. The quantitative estimate of drug-likeness (QED) is 0.451. The van der Waals surface area contributed by atoms with Gasteiger partial charge in [0.25, 0.3) is 0 Å². The van der Waals surface area contributed by atoms with E-state index in [9.17, 15) is 13.2 Å². The number of sulfonamides is 1. The number of carbonyl (C=O) groups excluding carboxylic acids is 1. The van der Waals surface area contributed by atoms with Crippen molar-refractivity contribution in [1.29, 1.82) is 0 Å². The smallest absolute Gasteiger partial charge is 0.248 e. The van der Waals surface area contributed by atoms with E-state index in [0.717, 1.165) is 61.7 Å². The van der Waals surface area contributed by atoms with E-state index in [1.165, 1.54) is 0 Å². The summed E-state index contributed by atoms with van der Waals surface area (Å²) in [6, 6.07) is 10.6. The largest absolute Gasteiger partial charge is 0.359 e. The summed E-state index contributed by atoms with van der Waals surface area (Å²) < 4.78 is 31.6. The Balaban J connectivity index is 1.48. The molecule has 5 heterocycles. The van der Waals surface area contributed by atoms with Crippen molar-refractivity contribution < 1.29 is 13.2 Å². The fourth-order valence-corrected chi connectivity index (χ4v) is 8.09. The first-order valence-electron chi connectivity index (χ1n) is 14.8. The zero-order chi connectivity index (χ0) is 29.6. The first-order chi connectivity index (χ1) is 20.0. The van der Waals surface area contributed by atoms with Gasteiger partial charge in [-0.3, -0.25) is 4.79 Å². The summed E-state index contributed by atoms with van der Waals surface area (Å²) >= 11 is 6.16. The van der Waals surface area contributed by atoms with Crippen LogP contribution < -0.4 is 20.3 Å². The maximum Gasteiger partial charge on any atom is 0.248 e. The van der Waals surface area contributed by atoms with Crippen LogP contribution in [0.3, 0.4) is 0 Å². The molecular weight excluding hydrogens is 576 g/mol. The van der Waals surface area contributed by atoms with Gasteiger partial charge in [0, 0.05) is 56.4 Å². The fourth-order valence-electron chi connectivity index (χ4n) is 6.45. The van der Waals surface area contributed by atoms with Crippen LogP contribution in [0.5, 0.6) is 0 Å². The predicted octanol–water partition coefficient (Wildman–Crippen LogP) is 3.04. The van der Waals surface area contributed by atoms with Crippen molar-refractivity contribution in [3.05, 3.63) is 52.7 Å². The Morgan fingerprint density at radius 1 is 1.05 bits per heavy atom. The molecule has 1 amide bonds. The molecule has 3 atom stereocenters. The Bertz CT molecular complexity index is 1580. The SMILES string of the molecule is CN1CCCCS(=O)(=O)NC(C)(c2ccc(Cl)cc2)C(=O)N2CCCCC2c2cc3nc(N4CCC(N)C4)cc1n3n2. The highest BCUT2D eigenvalue weighted by Gasteiger charge is 2.45. The zero-order valence-corrected chi connectivity index (χ0v) is 25.7. The molecule has 2 saturated heterocycles. The van der Waals surface area contributed by atoms with E-state index in [1.54, 1.807) is 36.1 Å². The number of fused-ring (bicyclic) bond motifs is 3. The number of nitrogens with one attached hydrogen (secondary N) is 1. The van der Waals surface area contributed by atoms with Crippen LogP contribution in [0.2, 0.25) is 5.02 Å². The number of nitrogens with two attached hydrogens (primary N) is 1. The molecule has 0 spiro atoms. The van der Waals surface area contributed by atoms with Crippen molar-refractivity contribution in [2.45, 2.75) is 63.1 Å². The standard InChI is InChI=1S/C29H39ClN8O3S/c1-29(20-8-10-21(30)11-9-20)28(39)37-14-4-3-7-24(37)23-17-26-32-25(36-15-12-22(31)19-36)18-27(38(26)33-23)35(2)13-5-6-16-42(40,41)34-29/h8-11,17-18,22,24,34H,3-7,12-16,19,31H2,1-2H3. The number of nitrogens with zero attached hydrogens (tertiary/aromatic N) is 6. The monoisotopic (exact) mass is 614 g/mol. The molecular formula is C29H39ClN8O3S. The molecule has 0 aliphatic carbocycles. The number of rotatable bonds is 2. The van der Waals surface area contributed by atoms with Crippen molar-refractivity contribution in [3.63, 3.8) is 0 Å². The fraction of sp³-hybridized carbons (Fsp3) is 0.552. The summed E-state index contributed by atoms with van der Waals surface area (Å²) in [5, 5.41) is 5.55. The molecule has 13 heteroatoms. The van der Waals surface area contributed by atoms with Gasteiger partial charge < -0.3 is 20.4 Å². The van der Waals surface area contributed by atoms with Gasteiger partial charge in [-0.05, 0) is 63.1 Å². The van der Waals surface area contributed by atoms with Crippen LogP contribution in [0, 0.1) is 0 Å². The second-order valence-electron chi connectivity index (χ2n) is 12.0. The lowest BCUT2D eigenvalue weighted by Gasteiger charge is -2.41. The molecule has 3 aliphatic rings. The van der Waals surface area contributed by atoms with E-state index in [2.05, 4.69) is 14.5 Å². The van der Waals surface area contributed by atoms with Crippen LogP contribution in [-0.4, -0.2) is 78.8 Å². The van der Waals surface area contributed by atoms with Crippen molar-refractivity contribution in [2.75, 3.05) is 48.8 Å². The summed E-state index contributed by atoms with van der Waals surface area (Å²) in [5.41, 5.74) is 6.71. The average Bonchev–Trinajstić information content (AvgIpc) is 3.60. The molecule has 6 rings (SSSR count). The number of halogens is 1. The van der Waals surface area contributed by atoms with Gasteiger partial charge in [-0.15, -0.1) is 0 Å². The molecule has 1 aromatic carbocycles. The maximum atomic E-state index is 14.5. The molecule has 0 radical (unpaired) electrons. The Hall–Kier alpha value is -2.93. The number of amides is 1. The topological polar surface area (TPSA) is 129 Å². The van der Waals surface area contributed by atoms with Crippen LogP contribution in [-0.2, 0) is 20.4 Å². The van der Waals surface area contributed by atoms with Crippen molar-refractivity contribution in [1.82, 2.24) is 24.2 Å². The molecule has 2 bridgehead atoms. The van der Waals surface area contributed by atoms with Crippen LogP contribution >= 0.6 is 11.6 Å². The second-order valence-corrected chi connectivity index (χ2v) is 14.3. The first kappa shape index (κ1) is 29.2. The maximum absolute atomic E-state index is 14.5. The number of piperidine rings is 1. The third-order valence-electron chi connectivity index (χ3n) is 8.82. The number of aromatic nitrogens is 3. The van der Waals surface area contributed by atoms with Crippen molar-refractivity contribution >= 4 is 44.8 Å². The van der Waals surface area contributed by atoms with Crippen molar-refractivity contribution in [2.24, 2.45) is 5.73 Å². The van der Waals surface area contributed by atoms with Gasteiger partial charge in [-0.25, -0.2) is 13.4 Å². The van der Waals surface area contributed by atoms with Gasteiger partial charge in [-0.2, -0.15) is 14.3 Å². The number of anilines is 2. The van der Waals surface area contributed by atoms with E-state index < -0.39 is 15.6 Å². The minimum absolute atomic E-state index is 0.0885. The van der Waals surface area contributed by atoms with Crippen LogP contribution in [0.25, 0.3) is 5.65 Å². The van der Waals surface area contributed by atoms with Gasteiger partial charge in [0.1, 0.15) is 17.2 Å². The Kier molecular flexibility index (Phi) is 7.84. The number of hydrogen-bond acceptors (Lipinski definition) is 8. The number of carbonyl (C=O) groups is 1. The Labute approximate surface area is 252 Å². The van der Waals surface area contributed by atoms with Crippen LogP contribution in [0.15, 0.2) is 36.4 Å². The molecule has 11 nitrogen and oxygen atoms in total. The molecule has 3 N–H and O–H groups in total. The van der Waals surface area contributed by atoms with E-state index in [0.29, 0.717) is 36.5 Å². The molecule has 2 fully saturated rings. The van der Waals surface area contributed by atoms with Gasteiger partial charge in [0.05, 0.1) is 17.5 Å². The van der Waals surface area contributed by atoms with Crippen LogP contribution in [0.4, 0.5) is 11.6 Å². The normalized spacial score (nSPS) is 27.2. The predicted molar refractivity (Wildman–Crippen MR) is 164 cm³/mol. The van der Waals surface area contributed by atoms with Crippen molar-refractivity contribution in [3.8, 4) is 0 Å². The van der Waals surface area contributed by atoms with Crippen LogP contribution in [0.1, 0.15) is 62.7 Å². The van der Waals surface area contributed by atoms with E-state index in [-0.39, 0.29) is 23.7 Å². The average molecular weight is 615 g/mol. The van der Waals surface area contributed by atoms with Gasteiger partial charge in [0.15, 0.2) is 5.65 Å². The minimum Gasteiger partial charge on any atom is -0.359 e. The van der Waals surface area contributed by atoms with Gasteiger partial charge in [-0.1, -0.05) is 23.7 Å². The molecule has 42 heavy (non-hydrogen) atoms. The Morgan fingerprint density at radius 2 is 1.81 bits per heavy atom. The summed E-state index contributed by atoms with van der Waals surface area (Å²) in [6.07, 6.45) is 4.46. The van der Waals surface area contributed by atoms with E-state index >= 15 is 0 Å². The zero-order valence-electron chi connectivity index (χ0n) is 24.2. The third-order valence-corrected chi connectivity index (χ3v) is 10.6. The lowest BCUT2D eigenvalue weighted by atomic mass is 9.89. The highest BCUT2D eigenvalue weighted by atomic mass is 35.5. The summed E-state index contributed by atoms with van der Waals surface area (Å²) in [6.45, 7) is 4.37. The Morgan fingerprint density at radius 3 is 2.55 bits per heavy atom. The second kappa shape index (κ2) is 11.3. The third kappa shape index (κ3) is 5.57. The summed E-state index contributed by atoms with van der Waals surface area (Å²) in [5.74, 6) is 1.33. The van der Waals surface area contributed by atoms with Gasteiger partial charge >= 0.3 is 0 Å².